The molecule has 0 heterocycles. The van der Waals surface area contributed by atoms with Crippen molar-refractivity contribution < 1.29 is 14.3 Å². The van der Waals surface area contributed by atoms with Crippen molar-refractivity contribution in [2.24, 2.45) is 5.92 Å². The van der Waals surface area contributed by atoms with E-state index < -0.39 is 0 Å². The normalized spacial score (nSPS) is 12.0. The number of benzene rings is 1. The van der Waals surface area contributed by atoms with Crippen LogP contribution < -0.4 is 14.8 Å². The summed E-state index contributed by atoms with van der Waals surface area (Å²) in [6.45, 7) is 10.9. The molecule has 0 saturated carbocycles. The molecule has 0 unspecified atom stereocenters. The van der Waals surface area contributed by atoms with Gasteiger partial charge in [-0.25, -0.2) is 4.79 Å². The van der Waals surface area contributed by atoms with Gasteiger partial charge >= 0.3 is 6.03 Å². The summed E-state index contributed by atoms with van der Waals surface area (Å²) in [6, 6.07) is 3.72. The number of carbonyl (C=O) groups excluding carboxylic acids is 1. The van der Waals surface area contributed by atoms with E-state index in [0.29, 0.717) is 24.0 Å². The maximum atomic E-state index is 12.5. The monoisotopic (exact) mass is 308 g/mol. The molecule has 0 saturated heterocycles. The van der Waals surface area contributed by atoms with Crippen LogP contribution in [0.3, 0.4) is 0 Å². The number of ether oxygens (including phenoxy) is 2. The number of urea groups is 1. The Morgan fingerprint density at radius 2 is 1.73 bits per heavy atom. The van der Waals surface area contributed by atoms with Crippen LogP contribution in [-0.2, 0) is 0 Å². The standard InChI is InChI=1S/C17H28N2O3/c1-8-19(13(5)11(2)3)17(20)18-14-10-16(22-7)15(21-6)9-12(14)4/h9-11,13H,8H2,1-7H3,(H,18,20)/t13-/m1/s1. The molecular weight excluding hydrogens is 280 g/mol. The Bertz CT molecular complexity index is 515. The van der Waals surface area contributed by atoms with Crippen molar-refractivity contribution in [1.29, 1.82) is 0 Å². The molecule has 1 aromatic carbocycles. The fourth-order valence-electron chi connectivity index (χ4n) is 2.28. The molecule has 0 bridgehead atoms. The molecule has 0 aliphatic rings. The second kappa shape index (κ2) is 7.92. The Balaban J connectivity index is 3.00. The van der Waals surface area contributed by atoms with E-state index in [0.717, 1.165) is 11.3 Å². The van der Waals surface area contributed by atoms with Crippen molar-refractivity contribution in [3.05, 3.63) is 17.7 Å². The molecule has 0 radical (unpaired) electrons. The lowest BCUT2D eigenvalue weighted by molar-refractivity contribution is 0.179. The van der Waals surface area contributed by atoms with Crippen molar-refractivity contribution >= 4 is 11.7 Å². The molecule has 5 nitrogen and oxygen atoms in total. The van der Waals surface area contributed by atoms with Gasteiger partial charge in [-0.05, 0) is 38.3 Å². The minimum absolute atomic E-state index is 0.0981. The highest BCUT2D eigenvalue weighted by Crippen LogP contribution is 2.33. The van der Waals surface area contributed by atoms with Crippen molar-refractivity contribution in [1.82, 2.24) is 4.90 Å². The van der Waals surface area contributed by atoms with Gasteiger partial charge in [-0.3, -0.25) is 0 Å². The number of hydrogen-bond donors (Lipinski definition) is 1. The zero-order valence-corrected chi connectivity index (χ0v) is 14.7. The Morgan fingerprint density at radius 1 is 1.18 bits per heavy atom. The van der Waals surface area contributed by atoms with Crippen LogP contribution >= 0.6 is 0 Å². The summed E-state index contributed by atoms with van der Waals surface area (Å²) >= 11 is 0. The van der Waals surface area contributed by atoms with Crippen LogP contribution in [0.15, 0.2) is 12.1 Å². The predicted molar refractivity (Wildman–Crippen MR) is 90.0 cm³/mol. The van der Waals surface area contributed by atoms with Crippen molar-refractivity contribution in [3.63, 3.8) is 0 Å². The van der Waals surface area contributed by atoms with Gasteiger partial charge in [0.15, 0.2) is 11.5 Å². The molecule has 1 aromatic rings. The van der Waals surface area contributed by atoms with Gasteiger partial charge in [0.05, 0.1) is 14.2 Å². The third kappa shape index (κ3) is 4.06. The highest BCUT2D eigenvalue weighted by Gasteiger charge is 2.22. The number of nitrogens with one attached hydrogen (secondary N) is 1. The van der Waals surface area contributed by atoms with Crippen LogP contribution in [0, 0.1) is 12.8 Å². The Kier molecular flexibility index (Phi) is 6.53. The Morgan fingerprint density at radius 3 is 2.18 bits per heavy atom. The summed E-state index contributed by atoms with van der Waals surface area (Å²) in [5.41, 5.74) is 1.66. The van der Waals surface area contributed by atoms with Gasteiger partial charge in [0.1, 0.15) is 0 Å². The van der Waals surface area contributed by atoms with Crippen molar-refractivity contribution in [2.45, 2.75) is 40.7 Å². The lowest BCUT2D eigenvalue weighted by Crippen LogP contribution is -2.43. The Hall–Kier alpha value is -1.91. The summed E-state index contributed by atoms with van der Waals surface area (Å²) in [7, 11) is 3.18. The van der Waals surface area contributed by atoms with Crippen LogP contribution in [0.1, 0.15) is 33.3 Å². The average molecular weight is 308 g/mol. The third-order valence-corrected chi connectivity index (χ3v) is 4.03. The summed E-state index contributed by atoms with van der Waals surface area (Å²) < 4.78 is 10.6. The molecule has 2 amide bonds. The van der Waals surface area contributed by atoms with Gasteiger partial charge in [-0.2, -0.15) is 0 Å². The van der Waals surface area contributed by atoms with Crippen LogP contribution in [0.5, 0.6) is 11.5 Å². The van der Waals surface area contributed by atoms with E-state index in [2.05, 4.69) is 26.1 Å². The van der Waals surface area contributed by atoms with Crippen LogP contribution in [-0.4, -0.2) is 37.7 Å². The van der Waals surface area contributed by atoms with E-state index in [9.17, 15) is 4.79 Å². The topological polar surface area (TPSA) is 50.8 Å². The molecule has 0 aliphatic heterocycles. The van der Waals surface area contributed by atoms with Gasteiger partial charge in [0.2, 0.25) is 0 Å². The number of rotatable bonds is 6. The van der Waals surface area contributed by atoms with Gasteiger partial charge in [0.25, 0.3) is 0 Å². The van der Waals surface area contributed by atoms with Crippen LogP contribution in [0.2, 0.25) is 0 Å². The fourth-order valence-corrected chi connectivity index (χ4v) is 2.28. The van der Waals surface area contributed by atoms with Crippen molar-refractivity contribution in [2.75, 3.05) is 26.1 Å². The maximum Gasteiger partial charge on any atom is 0.322 e. The Labute approximate surface area is 133 Å². The molecule has 5 heteroatoms. The lowest BCUT2D eigenvalue weighted by atomic mass is 10.1. The number of hydrogen-bond acceptors (Lipinski definition) is 3. The van der Waals surface area contributed by atoms with E-state index in [1.165, 1.54) is 0 Å². The number of carbonyl (C=O) groups is 1. The first-order chi connectivity index (χ1) is 10.3. The van der Waals surface area contributed by atoms with Gasteiger partial charge in [-0.15, -0.1) is 0 Å². The summed E-state index contributed by atoms with van der Waals surface area (Å²) in [4.78, 5) is 14.4. The highest BCUT2D eigenvalue weighted by molar-refractivity contribution is 5.91. The molecule has 1 atom stereocenters. The highest BCUT2D eigenvalue weighted by atomic mass is 16.5. The zero-order chi connectivity index (χ0) is 16.9. The van der Waals surface area contributed by atoms with E-state index in [-0.39, 0.29) is 12.1 Å². The molecular formula is C17H28N2O3. The molecule has 0 spiro atoms. The smallest absolute Gasteiger partial charge is 0.322 e. The van der Waals surface area contributed by atoms with Crippen molar-refractivity contribution in [3.8, 4) is 11.5 Å². The minimum Gasteiger partial charge on any atom is -0.493 e. The summed E-state index contributed by atoms with van der Waals surface area (Å²) in [5.74, 6) is 1.65. The summed E-state index contributed by atoms with van der Waals surface area (Å²) in [6.07, 6.45) is 0. The van der Waals surface area contributed by atoms with Gasteiger partial charge in [-0.1, -0.05) is 13.8 Å². The zero-order valence-electron chi connectivity index (χ0n) is 14.7. The van der Waals surface area contributed by atoms with E-state index in [1.807, 2.05) is 24.8 Å². The molecule has 0 aliphatic carbocycles. The SMILES string of the molecule is CCN(C(=O)Nc1cc(OC)c(OC)cc1C)[C@H](C)C(C)C. The van der Waals surface area contributed by atoms with E-state index in [4.69, 9.17) is 9.47 Å². The molecule has 0 fully saturated rings. The molecule has 22 heavy (non-hydrogen) atoms. The number of anilines is 1. The number of amides is 2. The van der Waals surface area contributed by atoms with Crippen LogP contribution in [0.4, 0.5) is 10.5 Å². The van der Waals surface area contributed by atoms with Gasteiger partial charge < -0.3 is 19.7 Å². The minimum atomic E-state index is -0.0981. The van der Waals surface area contributed by atoms with E-state index in [1.54, 1.807) is 20.3 Å². The average Bonchev–Trinajstić information content (AvgIpc) is 2.49. The maximum absolute atomic E-state index is 12.5. The fraction of sp³-hybridized carbons (Fsp3) is 0.588. The molecule has 124 valence electrons. The second-order valence-electron chi connectivity index (χ2n) is 5.72. The first kappa shape index (κ1) is 18.1. The molecule has 0 aromatic heterocycles. The first-order valence-electron chi connectivity index (χ1n) is 7.65. The number of methoxy groups -OCH3 is 2. The quantitative estimate of drug-likeness (QED) is 0.867. The van der Waals surface area contributed by atoms with Gasteiger partial charge in [0, 0.05) is 24.3 Å². The molecule has 1 rings (SSSR count). The van der Waals surface area contributed by atoms with Crippen LogP contribution in [0.25, 0.3) is 0 Å². The second-order valence-corrected chi connectivity index (χ2v) is 5.72. The number of aryl methyl sites for hydroxylation is 1. The predicted octanol–water partition coefficient (Wildman–Crippen LogP) is 3.91. The largest absolute Gasteiger partial charge is 0.493 e. The number of nitrogens with zero attached hydrogens (tertiary/aromatic N) is 1. The summed E-state index contributed by atoms with van der Waals surface area (Å²) in [5, 5.41) is 2.97. The van der Waals surface area contributed by atoms with E-state index >= 15 is 0 Å². The first-order valence-corrected chi connectivity index (χ1v) is 7.65. The third-order valence-electron chi connectivity index (χ3n) is 4.03. The lowest BCUT2D eigenvalue weighted by Gasteiger charge is -2.31. The molecule has 1 N–H and O–H groups in total.